The summed E-state index contributed by atoms with van der Waals surface area (Å²) >= 11 is 0. The molecule has 0 saturated carbocycles. The standard InChI is InChI=1S/C20H21F4NO2/c1-3-12-8-9-17(14(10-12)20(23)24)27-11-15-13(19(21)22)6-5-7-16(15)25-18(26)4-2/h5-10,19-20H,3-4,11H2,1-2H3,(H,25,26). The third-order valence-electron chi connectivity index (χ3n) is 4.13. The number of hydrogen-bond acceptors (Lipinski definition) is 2. The SMILES string of the molecule is CCC(=O)Nc1cccc(C(F)F)c1COc1ccc(CC)cc1C(F)F. The van der Waals surface area contributed by atoms with Crippen LogP contribution >= 0.6 is 0 Å². The summed E-state index contributed by atoms with van der Waals surface area (Å²) in [5.74, 6) is -0.415. The van der Waals surface area contributed by atoms with Gasteiger partial charge in [-0.25, -0.2) is 17.6 Å². The Morgan fingerprint density at radius 3 is 2.33 bits per heavy atom. The van der Waals surface area contributed by atoms with Crippen LogP contribution in [0.15, 0.2) is 36.4 Å². The number of aryl methyl sites for hydroxylation is 1. The summed E-state index contributed by atoms with van der Waals surface area (Å²) in [5, 5.41) is 2.55. The Bertz CT molecular complexity index is 794. The molecule has 0 aliphatic carbocycles. The van der Waals surface area contributed by atoms with Gasteiger partial charge in [-0.3, -0.25) is 4.79 Å². The zero-order chi connectivity index (χ0) is 20.0. The molecule has 0 bridgehead atoms. The van der Waals surface area contributed by atoms with Crippen LogP contribution in [0, 0.1) is 0 Å². The molecule has 2 aromatic rings. The van der Waals surface area contributed by atoms with Gasteiger partial charge in [0.15, 0.2) is 0 Å². The number of nitrogens with one attached hydrogen (secondary N) is 1. The van der Waals surface area contributed by atoms with Gasteiger partial charge in [0.25, 0.3) is 12.9 Å². The predicted octanol–water partition coefficient (Wildman–Crippen LogP) is 6.05. The third kappa shape index (κ3) is 5.21. The maximum absolute atomic E-state index is 13.4. The Morgan fingerprint density at radius 2 is 1.74 bits per heavy atom. The van der Waals surface area contributed by atoms with Gasteiger partial charge in [-0.15, -0.1) is 0 Å². The van der Waals surface area contributed by atoms with Gasteiger partial charge in [-0.05, 0) is 30.2 Å². The monoisotopic (exact) mass is 383 g/mol. The van der Waals surface area contributed by atoms with Crippen molar-refractivity contribution in [3.63, 3.8) is 0 Å². The number of carbonyl (C=O) groups excluding carboxylic acids is 1. The average molecular weight is 383 g/mol. The van der Waals surface area contributed by atoms with Crippen molar-refractivity contribution in [1.82, 2.24) is 0 Å². The molecule has 0 heterocycles. The number of rotatable bonds is 8. The van der Waals surface area contributed by atoms with Gasteiger partial charge in [0, 0.05) is 23.2 Å². The number of anilines is 1. The third-order valence-corrected chi connectivity index (χ3v) is 4.13. The second-order valence-corrected chi connectivity index (χ2v) is 5.89. The number of alkyl halides is 4. The maximum atomic E-state index is 13.4. The van der Waals surface area contributed by atoms with E-state index in [2.05, 4.69) is 5.32 Å². The molecule has 0 spiro atoms. The lowest BCUT2D eigenvalue weighted by Gasteiger charge is -2.17. The van der Waals surface area contributed by atoms with Crippen LogP contribution in [-0.2, 0) is 17.8 Å². The summed E-state index contributed by atoms with van der Waals surface area (Å²) in [5.41, 5.74) is 0.370. The Labute approximate surface area is 155 Å². The highest BCUT2D eigenvalue weighted by Crippen LogP contribution is 2.33. The summed E-state index contributed by atoms with van der Waals surface area (Å²) < 4.78 is 58.8. The van der Waals surface area contributed by atoms with Crippen molar-refractivity contribution in [1.29, 1.82) is 0 Å². The number of carbonyl (C=O) groups is 1. The van der Waals surface area contributed by atoms with Crippen molar-refractivity contribution < 1.29 is 27.1 Å². The molecular weight excluding hydrogens is 362 g/mol. The average Bonchev–Trinajstić information content (AvgIpc) is 2.66. The quantitative estimate of drug-likeness (QED) is 0.564. The van der Waals surface area contributed by atoms with Crippen LogP contribution in [0.1, 0.15) is 55.4 Å². The van der Waals surface area contributed by atoms with Crippen molar-refractivity contribution in [3.05, 3.63) is 58.7 Å². The number of benzene rings is 2. The number of halogens is 4. The minimum atomic E-state index is -2.79. The fraction of sp³-hybridized carbons (Fsp3) is 0.350. The molecule has 3 nitrogen and oxygen atoms in total. The lowest BCUT2D eigenvalue weighted by Crippen LogP contribution is -2.14. The van der Waals surface area contributed by atoms with E-state index in [-0.39, 0.29) is 47.1 Å². The molecule has 0 fully saturated rings. The van der Waals surface area contributed by atoms with Crippen LogP contribution in [-0.4, -0.2) is 5.91 Å². The van der Waals surface area contributed by atoms with Crippen LogP contribution in [0.2, 0.25) is 0 Å². The molecule has 0 aliphatic rings. The molecule has 0 unspecified atom stereocenters. The van der Waals surface area contributed by atoms with Crippen LogP contribution in [0.25, 0.3) is 0 Å². The summed E-state index contributed by atoms with van der Waals surface area (Å²) in [4.78, 5) is 11.7. The summed E-state index contributed by atoms with van der Waals surface area (Å²) in [7, 11) is 0. The Balaban J connectivity index is 2.35. The van der Waals surface area contributed by atoms with Crippen molar-refractivity contribution >= 4 is 11.6 Å². The van der Waals surface area contributed by atoms with E-state index in [0.29, 0.717) is 6.42 Å². The Hall–Kier alpha value is -2.57. The molecule has 2 rings (SSSR count). The first kappa shape index (κ1) is 20.7. The van der Waals surface area contributed by atoms with Gasteiger partial charge >= 0.3 is 0 Å². The molecule has 0 aliphatic heterocycles. The Kier molecular flexibility index (Phi) is 7.21. The summed E-state index contributed by atoms with van der Waals surface area (Å²) in [6.45, 7) is 3.10. The maximum Gasteiger partial charge on any atom is 0.267 e. The molecule has 0 saturated heterocycles. The van der Waals surface area contributed by atoms with Crippen LogP contribution < -0.4 is 10.1 Å². The minimum Gasteiger partial charge on any atom is -0.488 e. The molecule has 0 atom stereocenters. The van der Waals surface area contributed by atoms with E-state index in [1.54, 1.807) is 13.0 Å². The van der Waals surface area contributed by atoms with Gasteiger partial charge in [-0.1, -0.05) is 32.0 Å². The molecule has 0 radical (unpaired) electrons. The van der Waals surface area contributed by atoms with Gasteiger partial charge in [0.2, 0.25) is 5.91 Å². The molecular formula is C20H21F4NO2. The van der Waals surface area contributed by atoms with Gasteiger partial charge in [0.05, 0.1) is 5.56 Å². The molecule has 1 N–H and O–H groups in total. The van der Waals surface area contributed by atoms with E-state index in [1.807, 2.05) is 6.92 Å². The lowest BCUT2D eigenvalue weighted by atomic mass is 10.1. The first-order chi connectivity index (χ1) is 12.9. The fourth-order valence-electron chi connectivity index (χ4n) is 2.60. The molecule has 27 heavy (non-hydrogen) atoms. The molecule has 7 heteroatoms. The van der Waals surface area contributed by atoms with Crippen LogP contribution in [0.4, 0.5) is 23.2 Å². The van der Waals surface area contributed by atoms with E-state index >= 15 is 0 Å². The fourth-order valence-corrected chi connectivity index (χ4v) is 2.60. The second-order valence-electron chi connectivity index (χ2n) is 5.89. The topological polar surface area (TPSA) is 38.3 Å². The highest BCUT2D eigenvalue weighted by molar-refractivity contribution is 5.91. The summed E-state index contributed by atoms with van der Waals surface area (Å²) in [6.07, 6.45) is -4.79. The van der Waals surface area contributed by atoms with E-state index in [0.717, 1.165) is 5.56 Å². The normalized spacial score (nSPS) is 11.1. The van der Waals surface area contributed by atoms with E-state index in [1.165, 1.54) is 30.3 Å². The number of hydrogen-bond donors (Lipinski definition) is 1. The summed E-state index contributed by atoms with van der Waals surface area (Å²) in [6, 6.07) is 8.51. The van der Waals surface area contributed by atoms with Crippen LogP contribution in [0.5, 0.6) is 5.75 Å². The largest absolute Gasteiger partial charge is 0.488 e. The first-order valence-electron chi connectivity index (χ1n) is 8.60. The number of ether oxygens (including phenoxy) is 1. The minimum absolute atomic E-state index is 0.0640. The lowest BCUT2D eigenvalue weighted by molar-refractivity contribution is -0.115. The highest BCUT2D eigenvalue weighted by atomic mass is 19.3. The van der Waals surface area contributed by atoms with Gasteiger partial charge in [-0.2, -0.15) is 0 Å². The zero-order valence-electron chi connectivity index (χ0n) is 15.1. The molecule has 2 aromatic carbocycles. The van der Waals surface area contributed by atoms with Gasteiger partial charge in [0.1, 0.15) is 12.4 Å². The van der Waals surface area contributed by atoms with Crippen molar-refractivity contribution in [3.8, 4) is 5.75 Å². The second kappa shape index (κ2) is 9.39. The van der Waals surface area contributed by atoms with Crippen molar-refractivity contribution in [2.24, 2.45) is 0 Å². The van der Waals surface area contributed by atoms with Gasteiger partial charge < -0.3 is 10.1 Å². The zero-order valence-corrected chi connectivity index (χ0v) is 15.1. The number of amides is 1. The Morgan fingerprint density at radius 1 is 1.04 bits per heavy atom. The smallest absolute Gasteiger partial charge is 0.267 e. The van der Waals surface area contributed by atoms with Crippen LogP contribution in [0.3, 0.4) is 0 Å². The molecule has 146 valence electrons. The van der Waals surface area contributed by atoms with Crippen molar-refractivity contribution in [2.45, 2.75) is 46.1 Å². The first-order valence-corrected chi connectivity index (χ1v) is 8.60. The van der Waals surface area contributed by atoms with E-state index in [4.69, 9.17) is 4.74 Å². The molecule has 0 aromatic heterocycles. The highest BCUT2D eigenvalue weighted by Gasteiger charge is 2.20. The van der Waals surface area contributed by atoms with E-state index in [9.17, 15) is 22.4 Å². The predicted molar refractivity (Wildman–Crippen MR) is 95.4 cm³/mol. The van der Waals surface area contributed by atoms with E-state index < -0.39 is 12.9 Å². The van der Waals surface area contributed by atoms with Crippen molar-refractivity contribution in [2.75, 3.05) is 5.32 Å². The molecule has 1 amide bonds.